The zero-order valence-electron chi connectivity index (χ0n) is 14.2. The summed E-state index contributed by atoms with van der Waals surface area (Å²) >= 11 is 1.40. The van der Waals surface area contributed by atoms with Gasteiger partial charge >= 0.3 is 5.97 Å². The molecule has 0 aliphatic carbocycles. The van der Waals surface area contributed by atoms with Crippen molar-refractivity contribution < 1.29 is 18.8 Å². The zero-order chi connectivity index (χ0) is 18.4. The number of aryl methyl sites for hydroxylation is 1. The molecule has 6 nitrogen and oxygen atoms in total. The summed E-state index contributed by atoms with van der Waals surface area (Å²) in [4.78, 5) is 17.5. The van der Waals surface area contributed by atoms with Gasteiger partial charge in [0.15, 0.2) is 5.84 Å². The number of amidine groups is 1. The molecule has 7 heteroatoms. The summed E-state index contributed by atoms with van der Waals surface area (Å²) in [5.74, 6) is 0.692. The summed E-state index contributed by atoms with van der Waals surface area (Å²) in [6, 6.07) is 14.6. The van der Waals surface area contributed by atoms with Crippen molar-refractivity contribution in [2.24, 2.45) is 10.9 Å². The lowest BCUT2D eigenvalue weighted by molar-refractivity contribution is 0.0475. The molecular weight excluding hydrogens is 352 g/mol. The predicted molar refractivity (Wildman–Crippen MR) is 99.3 cm³/mol. The van der Waals surface area contributed by atoms with Crippen LogP contribution >= 0.6 is 11.3 Å². The monoisotopic (exact) mass is 370 g/mol. The molecule has 26 heavy (non-hydrogen) atoms. The second-order valence-corrected chi connectivity index (χ2v) is 6.33. The van der Waals surface area contributed by atoms with Crippen LogP contribution in [0.25, 0.3) is 0 Å². The molecule has 0 aliphatic heterocycles. The van der Waals surface area contributed by atoms with Crippen LogP contribution in [0.15, 0.2) is 63.5 Å². The molecule has 0 fully saturated rings. The molecule has 134 valence electrons. The van der Waals surface area contributed by atoms with Gasteiger partial charge in [-0.05, 0) is 47.7 Å². The summed E-state index contributed by atoms with van der Waals surface area (Å²) in [5, 5.41) is 5.48. The first-order valence-corrected chi connectivity index (χ1v) is 8.93. The molecule has 0 atom stereocenters. The minimum atomic E-state index is -0.719. The normalized spacial score (nSPS) is 11.3. The van der Waals surface area contributed by atoms with E-state index in [-0.39, 0.29) is 18.2 Å². The van der Waals surface area contributed by atoms with Gasteiger partial charge < -0.3 is 19.7 Å². The lowest BCUT2D eigenvalue weighted by Crippen LogP contribution is -2.13. The maximum absolute atomic E-state index is 12.0. The van der Waals surface area contributed by atoms with E-state index in [1.165, 1.54) is 23.0 Å². The molecule has 0 bridgehead atoms. The number of nitrogens with two attached hydrogens (primary N) is 1. The number of carbonyl (C=O) groups is 1. The maximum Gasteiger partial charge on any atom is 0.400 e. The van der Waals surface area contributed by atoms with Gasteiger partial charge in [-0.1, -0.05) is 30.3 Å². The van der Waals surface area contributed by atoms with E-state index in [9.17, 15) is 4.79 Å². The highest BCUT2D eigenvalue weighted by Gasteiger charge is 2.14. The predicted octanol–water partition coefficient (Wildman–Crippen LogP) is 3.96. The van der Waals surface area contributed by atoms with Crippen molar-refractivity contribution in [3.63, 3.8) is 0 Å². The first-order valence-electron chi connectivity index (χ1n) is 8.05. The molecule has 0 radical (unpaired) electrons. The number of carbonyl (C=O) groups excluding carboxylic acids is 1. The fourth-order valence-electron chi connectivity index (χ4n) is 2.15. The average Bonchev–Trinajstić information content (AvgIpc) is 3.36. The molecule has 0 spiro atoms. The van der Waals surface area contributed by atoms with Gasteiger partial charge in [0.25, 0.3) is 0 Å². The van der Waals surface area contributed by atoms with Crippen LogP contribution in [0.5, 0.6) is 5.75 Å². The molecule has 2 aromatic heterocycles. The maximum atomic E-state index is 12.0. The summed E-state index contributed by atoms with van der Waals surface area (Å²) in [5.41, 5.74) is 6.98. The van der Waals surface area contributed by atoms with E-state index in [4.69, 9.17) is 19.7 Å². The van der Waals surface area contributed by atoms with Crippen LogP contribution in [0.2, 0.25) is 0 Å². The van der Waals surface area contributed by atoms with Gasteiger partial charge in [-0.2, -0.15) is 0 Å². The molecule has 1 aromatic carbocycles. The first kappa shape index (κ1) is 17.8. The summed E-state index contributed by atoms with van der Waals surface area (Å²) in [6.07, 6.45) is 0.976. The fourth-order valence-corrected chi connectivity index (χ4v) is 2.76. The van der Waals surface area contributed by atoms with Crippen LogP contribution in [-0.2, 0) is 17.9 Å². The molecule has 0 unspecified atom stereocenters. The van der Waals surface area contributed by atoms with Crippen LogP contribution in [0.4, 0.5) is 0 Å². The van der Waals surface area contributed by atoms with Crippen molar-refractivity contribution in [1.29, 1.82) is 0 Å². The minimum absolute atomic E-state index is 0.0349. The van der Waals surface area contributed by atoms with Crippen LogP contribution in [0.1, 0.15) is 33.7 Å². The van der Waals surface area contributed by atoms with E-state index in [2.05, 4.69) is 12.1 Å². The number of thiophene rings is 1. The van der Waals surface area contributed by atoms with E-state index in [0.717, 1.165) is 17.0 Å². The third-order valence-corrected chi connectivity index (χ3v) is 4.47. The molecule has 2 N–H and O–H groups in total. The zero-order valence-corrected chi connectivity index (χ0v) is 15.0. The van der Waals surface area contributed by atoms with E-state index in [1.54, 1.807) is 12.1 Å². The number of furan rings is 1. The second-order valence-electron chi connectivity index (χ2n) is 5.38. The lowest BCUT2D eigenvalue weighted by Gasteiger charge is -2.04. The van der Waals surface area contributed by atoms with Gasteiger partial charge in [0.1, 0.15) is 18.1 Å². The molecule has 2 heterocycles. The molecule has 0 saturated heterocycles. The highest BCUT2D eigenvalue weighted by atomic mass is 32.1. The Hall–Kier alpha value is -3.06. The van der Waals surface area contributed by atoms with Crippen molar-refractivity contribution in [2.75, 3.05) is 0 Å². The van der Waals surface area contributed by atoms with Gasteiger partial charge in [-0.25, -0.2) is 4.79 Å². The summed E-state index contributed by atoms with van der Waals surface area (Å²) < 4.78 is 11.1. The molecular formula is C19H18N2O4S. The van der Waals surface area contributed by atoms with Crippen LogP contribution in [0, 0.1) is 0 Å². The SMILES string of the molecule is CCc1ccc(OCc2ccc(C(=O)O/N=C(\N)c3cccs3)o2)cc1. The molecule has 3 rings (SSSR count). The number of benzene rings is 1. The van der Waals surface area contributed by atoms with Crippen molar-refractivity contribution in [3.8, 4) is 5.75 Å². The minimum Gasteiger partial charge on any atom is -0.486 e. The van der Waals surface area contributed by atoms with Crippen LogP contribution in [0.3, 0.4) is 0 Å². The third-order valence-electron chi connectivity index (χ3n) is 3.58. The Kier molecular flexibility index (Phi) is 5.70. The third kappa shape index (κ3) is 4.52. The van der Waals surface area contributed by atoms with Crippen LogP contribution < -0.4 is 10.5 Å². The van der Waals surface area contributed by atoms with Crippen molar-refractivity contribution >= 4 is 23.1 Å². The number of oxime groups is 1. The Bertz CT molecular complexity index is 883. The Morgan fingerprint density at radius 2 is 2.00 bits per heavy atom. The second kappa shape index (κ2) is 8.35. The van der Waals surface area contributed by atoms with Crippen LogP contribution in [-0.4, -0.2) is 11.8 Å². The standard InChI is InChI=1S/C19H18N2O4S/c1-2-13-5-7-14(8-6-13)23-12-15-9-10-16(24-15)19(22)25-21-18(20)17-4-3-11-26-17/h3-11H,2,12H2,1H3,(H2,20,21). The lowest BCUT2D eigenvalue weighted by atomic mass is 10.2. The Balaban J connectivity index is 1.55. The topological polar surface area (TPSA) is 87.0 Å². The highest BCUT2D eigenvalue weighted by Crippen LogP contribution is 2.16. The van der Waals surface area contributed by atoms with Gasteiger partial charge in [0.2, 0.25) is 5.76 Å². The van der Waals surface area contributed by atoms with E-state index in [1.807, 2.05) is 35.7 Å². The van der Waals surface area contributed by atoms with Crippen molar-refractivity contribution in [2.45, 2.75) is 20.0 Å². The van der Waals surface area contributed by atoms with E-state index < -0.39 is 5.97 Å². The largest absolute Gasteiger partial charge is 0.486 e. The first-order chi connectivity index (χ1) is 12.7. The van der Waals surface area contributed by atoms with Gasteiger partial charge in [-0.15, -0.1) is 11.3 Å². The average molecular weight is 370 g/mol. The summed E-state index contributed by atoms with van der Waals surface area (Å²) in [6.45, 7) is 2.30. The summed E-state index contributed by atoms with van der Waals surface area (Å²) in [7, 11) is 0. The number of ether oxygens (including phenoxy) is 1. The smallest absolute Gasteiger partial charge is 0.400 e. The molecule has 0 saturated carbocycles. The Morgan fingerprint density at radius 3 is 2.69 bits per heavy atom. The Morgan fingerprint density at radius 1 is 1.19 bits per heavy atom. The molecule has 3 aromatic rings. The molecule has 0 amide bonds. The van der Waals surface area contributed by atoms with Crippen molar-refractivity contribution in [3.05, 3.63) is 75.9 Å². The van der Waals surface area contributed by atoms with Crippen molar-refractivity contribution in [1.82, 2.24) is 0 Å². The number of rotatable bonds is 7. The quantitative estimate of drug-likeness (QED) is 0.294. The highest BCUT2D eigenvalue weighted by molar-refractivity contribution is 7.12. The fraction of sp³-hybridized carbons (Fsp3) is 0.158. The van der Waals surface area contributed by atoms with E-state index >= 15 is 0 Å². The van der Waals surface area contributed by atoms with Gasteiger partial charge in [0.05, 0.1) is 4.88 Å². The number of hydrogen-bond donors (Lipinski definition) is 1. The van der Waals surface area contributed by atoms with Gasteiger partial charge in [0, 0.05) is 0 Å². The van der Waals surface area contributed by atoms with Gasteiger partial charge in [-0.3, -0.25) is 0 Å². The number of nitrogens with zero attached hydrogens (tertiary/aromatic N) is 1. The molecule has 0 aliphatic rings. The Labute approximate surface area is 154 Å². The number of hydrogen-bond acceptors (Lipinski definition) is 6. The van der Waals surface area contributed by atoms with E-state index in [0.29, 0.717) is 5.76 Å².